The summed E-state index contributed by atoms with van der Waals surface area (Å²) < 4.78 is 26.6. The van der Waals surface area contributed by atoms with Gasteiger partial charge in [-0.15, -0.1) is 0 Å². The second-order valence-electron chi connectivity index (χ2n) is 5.41. The summed E-state index contributed by atoms with van der Waals surface area (Å²) in [6, 6.07) is 4.69. The molecule has 1 saturated heterocycles. The first kappa shape index (κ1) is 14.4. The molecule has 0 radical (unpaired) electrons. The van der Waals surface area contributed by atoms with Crippen LogP contribution in [0, 0.1) is 11.6 Å². The summed E-state index contributed by atoms with van der Waals surface area (Å²) in [7, 11) is 0. The molecule has 2 unspecified atom stereocenters. The molecule has 1 aromatic carbocycles. The topological polar surface area (TPSA) is 15.3 Å². The molecule has 19 heavy (non-hydrogen) atoms. The third-order valence-corrected chi connectivity index (χ3v) is 3.81. The van der Waals surface area contributed by atoms with E-state index < -0.39 is 11.6 Å². The molecular formula is C15H22F2N2. The fourth-order valence-corrected chi connectivity index (χ4v) is 2.62. The Morgan fingerprint density at radius 3 is 2.84 bits per heavy atom. The van der Waals surface area contributed by atoms with Crippen molar-refractivity contribution in [2.75, 3.05) is 13.1 Å². The second-order valence-corrected chi connectivity index (χ2v) is 5.41. The molecule has 1 N–H and O–H groups in total. The number of benzene rings is 1. The third kappa shape index (κ3) is 3.74. The maximum atomic E-state index is 13.7. The number of piperazine rings is 1. The molecule has 1 fully saturated rings. The molecule has 2 nitrogen and oxygen atoms in total. The lowest BCUT2D eigenvalue weighted by Gasteiger charge is -2.39. The molecular weight excluding hydrogens is 246 g/mol. The van der Waals surface area contributed by atoms with Crippen LogP contribution in [0.3, 0.4) is 0 Å². The Kier molecular flexibility index (Phi) is 4.88. The lowest BCUT2D eigenvalue weighted by atomic mass is 10.0. The molecule has 1 aliphatic rings. The Hall–Kier alpha value is -1.00. The van der Waals surface area contributed by atoms with Gasteiger partial charge in [-0.05, 0) is 19.4 Å². The van der Waals surface area contributed by atoms with Crippen molar-refractivity contribution in [1.29, 1.82) is 0 Å². The van der Waals surface area contributed by atoms with E-state index in [1.165, 1.54) is 6.07 Å². The Bertz CT molecular complexity index is 423. The highest BCUT2D eigenvalue weighted by molar-refractivity contribution is 5.18. The summed E-state index contributed by atoms with van der Waals surface area (Å²) in [6.07, 6.45) is 2.28. The smallest absolute Gasteiger partial charge is 0.130 e. The third-order valence-electron chi connectivity index (χ3n) is 3.81. The monoisotopic (exact) mass is 268 g/mol. The Labute approximate surface area is 113 Å². The summed E-state index contributed by atoms with van der Waals surface area (Å²) in [5.41, 5.74) is 0.574. The molecule has 2 rings (SSSR count). The van der Waals surface area contributed by atoms with Gasteiger partial charge in [-0.1, -0.05) is 19.4 Å². The van der Waals surface area contributed by atoms with Gasteiger partial charge in [0, 0.05) is 43.3 Å². The molecule has 1 aliphatic heterocycles. The predicted molar refractivity (Wildman–Crippen MR) is 72.9 cm³/mol. The van der Waals surface area contributed by atoms with Gasteiger partial charge in [0.1, 0.15) is 11.6 Å². The highest BCUT2D eigenvalue weighted by atomic mass is 19.1. The summed E-state index contributed by atoms with van der Waals surface area (Å²) in [5, 5.41) is 3.51. The zero-order valence-corrected chi connectivity index (χ0v) is 11.6. The summed E-state index contributed by atoms with van der Waals surface area (Å²) in [4.78, 5) is 2.27. The minimum absolute atomic E-state index is 0.373. The van der Waals surface area contributed by atoms with Crippen LogP contribution in [-0.2, 0) is 6.54 Å². The van der Waals surface area contributed by atoms with Crippen LogP contribution in [0.1, 0.15) is 32.3 Å². The van der Waals surface area contributed by atoms with Crippen molar-refractivity contribution in [2.24, 2.45) is 0 Å². The standard InChI is InChI=1S/C15H22F2N2/c1-3-4-14-10-19(11(2)8-18-14)9-12-5-6-13(16)7-15(12)17/h5-7,11,14,18H,3-4,8-10H2,1-2H3. The fourth-order valence-electron chi connectivity index (χ4n) is 2.62. The van der Waals surface area contributed by atoms with Crippen molar-refractivity contribution in [3.8, 4) is 0 Å². The SMILES string of the molecule is CCCC1CN(Cc2ccc(F)cc2F)C(C)CN1. The zero-order valence-electron chi connectivity index (χ0n) is 11.6. The van der Waals surface area contributed by atoms with Gasteiger partial charge in [0.25, 0.3) is 0 Å². The highest BCUT2D eigenvalue weighted by Crippen LogP contribution is 2.17. The first-order chi connectivity index (χ1) is 9.10. The van der Waals surface area contributed by atoms with Crippen LogP contribution in [0.4, 0.5) is 8.78 Å². The van der Waals surface area contributed by atoms with E-state index in [0.717, 1.165) is 32.0 Å². The van der Waals surface area contributed by atoms with Gasteiger partial charge in [-0.3, -0.25) is 4.90 Å². The molecule has 106 valence electrons. The predicted octanol–water partition coefficient (Wildman–Crippen LogP) is 2.93. The fraction of sp³-hybridized carbons (Fsp3) is 0.600. The van der Waals surface area contributed by atoms with Crippen molar-refractivity contribution < 1.29 is 8.78 Å². The van der Waals surface area contributed by atoms with Gasteiger partial charge in [0.2, 0.25) is 0 Å². The lowest BCUT2D eigenvalue weighted by molar-refractivity contribution is 0.128. The first-order valence-corrected chi connectivity index (χ1v) is 7.01. The molecule has 1 aromatic rings. The van der Waals surface area contributed by atoms with Crippen molar-refractivity contribution in [3.63, 3.8) is 0 Å². The van der Waals surface area contributed by atoms with Crippen LogP contribution in [0.2, 0.25) is 0 Å². The van der Waals surface area contributed by atoms with E-state index in [0.29, 0.717) is 24.2 Å². The Morgan fingerprint density at radius 1 is 1.37 bits per heavy atom. The van der Waals surface area contributed by atoms with Gasteiger partial charge in [-0.25, -0.2) is 8.78 Å². The largest absolute Gasteiger partial charge is 0.311 e. The molecule has 0 amide bonds. The Morgan fingerprint density at radius 2 is 2.16 bits per heavy atom. The molecule has 2 atom stereocenters. The Balaban J connectivity index is 2.03. The van der Waals surface area contributed by atoms with E-state index in [2.05, 4.69) is 24.1 Å². The van der Waals surface area contributed by atoms with Crippen LogP contribution in [0.15, 0.2) is 18.2 Å². The first-order valence-electron chi connectivity index (χ1n) is 7.01. The van der Waals surface area contributed by atoms with Crippen molar-refractivity contribution in [2.45, 2.75) is 45.3 Å². The van der Waals surface area contributed by atoms with E-state index in [1.54, 1.807) is 6.07 Å². The number of hydrogen-bond acceptors (Lipinski definition) is 2. The molecule has 0 bridgehead atoms. The van der Waals surface area contributed by atoms with Crippen LogP contribution >= 0.6 is 0 Å². The minimum Gasteiger partial charge on any atom is -0.311 e. The van der Waals surface area contributed by atoms with Crippen molar-refractivity contribution >= 4 is 0 Å². The number of nitrogens with one attached hydrogen (secondary N) is 1. The average molecular weight is 268 g/mol. The van der Waals surface area contributed by atoms with E-state index in [1.807, 2.05) is 0 Å². The minimum atomic E-state index is -0.515. The quantitative estimate of drug-likeness (QED) is 0.903. The van der Waals surface area contributed by atoms with Gasteiger partial charge < -0.3 is 5.32 Å². The van der Waals surface area contributed by atoms with Crippen LogP contribution in [0.25, 0.3) is 0 Å². The highest BCUT2D eigenvalue weighted by Gasteiger charge is 2.24. The van der Waals surface area contributed by atoms with Gasteiger partial charge in [0.15, 0.2) is 0 Å². The molecule has 4 heteroatoms. The number of hydrogen-bond donors (Lipinski definition) is 1. The van der Waals surface area contributed by atoms with Crippen LogP contribution < -0.4 is 5.32 Å². The molecule has 0 aliphatic carbocycles. The second kappa shape index (κ2) is 6.44. The molecule has 0 saturated carbocycles. The van der Waals surface area contributed by atoms with Crippen molar-refractivity contribution in [3.05, 3.63) is 35.4 Å². The van der Waals surface area contributed by atoms with Gasteiger partial charge >= 0.3 is 0 Å². The van der Waals surface area contributed by atoms with Crippen LogP contribution in [-0.4, -0.2) is 30.1 Å². The van der Waals surface area contributed by atoms with E-state index in [-0.39, 0.29) is 0 Å². The maximum absolute atomic E-state index is 13.7. The summed E-state index contributed by atoms with van der Waals surface area (Å²) in [5.74, 6) is -0.962. The van der Waals surface area contributed by atoms with E-state index >= 15 is 0 Å². The molecule has 1 heterocycles. The number of rotatable bonds is 4. The van der Waals surface area contributed by atoms with Gasteiger partial charge in [-0.2, -0.15) is 0 Å². The summed E-state index contributed by atoms with van der Waals surface area (Å²) >= 11 is 0. The average Bonchev–Trinajstić information content (AvgIpc) is 2.37. The molecule has 0 aromatic heterocycles. The van der Waals surface area contributed by atoms with E-state index in [9.17, 15) is 8.78 Å². The normalized spacial score (nSPS) is 24.6. The van der Waals surface area contributed by atoms with Gasteiger partial charge in [0.05, 0.1) is 0 Å². The zero-order chi connectivity index (χ0) is 13.8. The maximum Gasteiger partial charge on any atom is 0.130 e. The van der Waals surface area contributed by atoms with Crippen LogP contribution in [0.5, 0.6) is 0 Å². The number of halogens is 2. The lowest BCUT2D eigenvalue weighted by Crippen LogP contribution is -2.54. The number of nitrogens with zero attached hydrogens (tertiary/aromatic N) is 1. The molecule has 0 spiro atoms. The summed E-state index contributed by atoms with van der Waals surface area (Å²) in [6.45, 7) is 6.70. The van der Waals surface area contributed by atoms with Crippen molar-refractivity contribution in [1.82, 2.24) is 10.2 Å². The van der Waals surface area contributed by atoms with E-state index in [4.69, 9.17) is 0 Å².